The van der Waals surface area contributed by atoms with Crippen LogP contribution >= 0.6 is 11.8 Å². The van der Waals surface area contributed by atoms with Crippen LogP contribution in [0.3, 0.4) is 0 Å². The van der Waals surface area contributed by atoms with Crippen molar-refractivity contribution in [2.24, 2.45) is 0 Å². The van der Waals surface area contributed by atoms with E-state index in [-0.39, 0.29) is 17.6 Å². The number of rotatable bonds is 7. The fourth-order valence-corrected chi connectivity index (χ4v) is 3.08. The van der Waals surface area contributed by atoms with Crippen LogP contribution in [0.15, 0.2) is 78.0 Å². The molecule has 0 atom stereocenters. The maximum Gasteiger partial charge on any atom is 0.255 e. The number of anilines is 2. The van der Waals surface area contributed by atoms with Crippen LogP contribution in [-0.4, -0.2) is 29.7 Å². The topological polar surface area (TPSA) is 80.3 Å². The number of amides is 2. The summed E-state index contributed by atoms with van der Waals surface area (Å²) in [5, 5.41) is 6.41. The molecule has 0 aliphatic heterocycles. The van der Waals surface area contributed by atoms with E-state index in [1.807, 2.05) is 30.3 Å². The van der Waals surface area contributed by atoms with E-state index in [2.05, 4.69) is 15.6 Å². The number of para-hydroxylation sites is 2. The monoisotopic (exact) mass is 393 g/mol. The molecule has 0 spiro atoms. The summed E-state index contributed by atoms with van der Waals surface area (Å²) >= 11 is 1.36. The number of benzene rings is 2. The SMILES string of the molecule is COc1ccccc1NC(=O)c1ccc(NC(=O)CSc2ccccn2)cc1. The predicted octanol–water partition coefficient (Wildman–Crippen LogP) is 4.07. The maximum absolute atomic E-state index is 12.4. The number of thioether (sulfide) groups is 1. The van der Waals surface area contributed by atoms with Gasteiger partial charge in [-0.05, 0) is 48.5 Å². The first kappa shape index (κ1) is 19.4. The van der Waals surface area contributed by atoms with Crippen molar-refractivity contribution >= 4 is 35.0 Å². The number of nitrogens with one attached hydrogen (secondary N) is 2. The molecule has 0 saturated carbocycles. The van der Waals surface area contributed by atoms with Gasteiger partial charge >= 0.3 is 0 Å². The minimum atomic E-state index is -0.256. The Morgan fingerprint density at radius 3 is 2.43 bits per heavy atom. The van der Waals surface area contributed by atoms with Crippen LogP contribution in [-0.2, 0) is 4.79 Å². The normalized spacial score (nSPS) is 10.2. The van der Waals surface area contributed by atoms with Gasteiger partial charge in [0.25, 0.3) is 5.91 Å². The van der Waals surface area contributed by atoms with E-state index >= 15 is 0 Å². The Labute approximate surface area is 167 Å². The third-order valence-electron chi connectivity index (χ3n) is 3.77. The largest absolute Gasteiger partial charge is 0.495 e. The summed E-state index contributed by atoms with van der Waals surface area (Å²) in [5.74, 6) is 0.452. The van der Waals surface area contributed by atoms with Crippen molar-refractivity contribution in [1.82, 2.24) is 4.98 Å². The van der Waals surface area contributed by atoms with Crippen molar-refractivity contribution in [3.63, 3.8) is 0 Å². The highest BCUT2D eigenvalue weighted by Crippen LogP contribution is 2.24. The molecule has 0 radical (unpaired) electrons. The van der Waals surface area contributed by atoms with E-state index in [0.717, 1.165) is 5.03 Å². The highest BCUT2D eigenvalue weighted by atomic mass is 32.2. The van der Waals surface area contributed by atoms with Gasteiger partial charge in [-0.1, -0.05) is 30.0 Å². The summed E-state index contributed by atoms with van der Waals surface area (Å²) in [6.45, 7) is 0. The van der Waals surface area contributed by atoms with Crippen LogP contribution in [0.4, 0.5) is 11.4 Å². The number of hydrogen-bond donors (Lipinski definition) is 2. The Morgan fingerprint density at radius 2 is 1.71 bits per heavy atom. The van der Waals surface area contributed by atoms with Crippen LogP contribution in [0.2, 0.25) is 0 Å². The number of aromatic nitrogens is 1. The van der Waals surface area contributed by atoms with Crippen molar-refractivity contribution in [1.29, 1.82) is 0 Å². The minimum Gasteiger partial charge on any atom is -0.495 e. The van der Waals surface area contributed by atoms with Gasteiger partial charge in [-0.3, -0.25) is 9.59 Å². The molecule has 6 nitrogen and oxygen atoms in total. The fourth-order valence-electron chi connectivity index (χ4n) is 2.42. The molecule has 28 heavy (non-hydrogen) atoms. The molecule has 1 heterocycles. The first-order valence-corrected chi connectivity index (χ1v) is 9.52. The zero-order chi connectivity index (χ0) is 19.8. The molecule has 142 valence electrons. The number of methoxy groups -OCH3 is 1. The van der Waals surface area contributed by atoms with Crippen molar-refractivity contribution in [3.05, 3.63) is 78.5 Å². The minimum absolute atomic E-state index is 0.137. The first-order valence-electron chi connectivity index (χ1n) is 8.54. The summed E-state index contributed by atoms with van der Waals surface area (Å²) in [7, 11) is 1.55. The molecule has 2 aromatic carbocycles. The number of carbonyl (C=O) groups excluding carboxylic acids is 2. The van der Waals surface area contributed by atoms with Gasteiger partial charge in [-0.2, -0.15) is 0 Å². The summed E-state index contributed by atoms with van der Waals surface area (Å²) in [5.41, 5.74) is 1.70. The average molecular weight is 393 g/mol. The summed E-state index contributed by atoms with van der Waals surface area (Å²) in [6, 6.07) is 19.5. The molecule has 1 aromatic heterocycles. The van der Waals surface area contributed by atoms with Crippen molar-refractivity contribution < 1.29 is 14.3 Å². The Balaban J connectivity index is 1.55. The lowest BCUT2D eigenvalue weighted by atomic mass is 10.2. The highest BCUT2D eigenvalue weighted by Gasteiger charge is 2.10. The lowest BCUT2D eigenvalue weighted by molar-refractivity contribution is -0.113. The zero-order valence-corrected chi connectivity index (χ0v) is 16.0. The van der Waals surface area contributed by atoms with E-state index < -0.39 is 0 Å². The Morgan fingerprint density at radius 1 is 0.964 bits per heavy atom. The molecular formula is C21H19N3O3S. The quantitative estimate of drug-likeness (QED) is 0.592. The summed E-state index contributed by atoms with van der Waals surface area (Å²) in [6.07, 6.45) is 1.69. The van der Waals surface area contributed by atoms with Gasteiger partial charge < -0.3 is 15.4 Å². The van der Waals surface area contributed by atoms with E-state index in [9.17, 15) is 9.59 Å². The number of hydrogen-bond acceptors (Lipinski definition) is 5. The third kappa shape index (κ3) is 5.34. The van der Waals surface area contributed by atoms with Crippen LogP contribution in [0.1, 0.15) is 10.4 Å². The summed E-state index contributed by atoms with van der Waals surface area (Å²) in [4.78, 5) is 28.6. The van der Waals surface area contributed by atoms with Crippen LogP contribution in [0, 0.1) is 0 Å². The second-order valence-electron chi connectivity index (χ2n) is 5.74. The second-order valence-corrected chi connectivity index (χ2v) is 6.73. The predicted molar refractivity (Wildman–Crippen MR) is 111 cm³/mol. The Bertz CT molecular complexity index is 947. The van der Waals surface area contributed by atoms with Crippen molar-refractivity contribution in [3.8, 4) is 5.75 Å². The zero-order valence-electron chi connectivity index (χ0n) is 15.2. The van der Waals surface area contributed by atoms with Gasteiger partial charge in [0.15, 0.2) is 0 Å². The molecule has 2 amide bonds. The molecule has 0 saturated heterocycles. The number of ether oxygens (including phenoxy) is 1. The Hall–Kier alpha value is -3.32. The molecular weight excluding hydrogens is 374 g/mol. The van der Waals surface area contributed by atoms with Gasteiger partial charge in [0.2, 0.25) is 5.91 Å². The number of nitrogens with zero attached hydrogens (tertiary/aromatic N) is 1. The van der Waals surface area contributed by atoms with Gasteiger partial charge in [-0.25, -0.2) is 4.98 Å². The third-order valence-corrected chi connectivity index (χ3v) is 4.72. The molecule has 0 aliphatic carbocycles. The molecule has 2 N–H and O–H groups in total. The van der Waals surface area contributed by atoms with Gasteiger partial charge in [0.05, 0.1) is 23.6 Å². The van der Waals surface area contributed by atoms with Crippen molar-refractivity contribution in [2.45, 2.75) is 5.03 Å². The lowest BCUT2D eigenvalue weighted by Crippen LogP contribution is -2.15. The van der Waals surface area contributed by atoms with Gasteiger partial charge in [0, 0.05) is 17.4 Å². The summed E-state index contributed by atoms with van der Waals surface area (Å²) < 4.78 is 5.23. The smallest absolute Gasteiger partial charge is 0.255 e. The highest BCUT2D eigenvalue weighted by molar-refractivity contribution is 7.99. The van der Waals surface area contributed by atoms with E-state index in [0.29, 0.717) is 22.7 Å². The Kier molecular flexibility index (Phi) is 6.64. The van der Waals surface area contributed by atoms with E-state index in [1.165, 1.54) is 11.8 Å². The molecule has 0 unspecified atom stereocenters. The van der Waals surface area contributed by atoms with Crippen LogP contribution < -0.4 is 15.4 Å². The van der Waals surface area contributed by atoms with E-state index in [1.54, 1.807) is 49.7 Å². The van der Waals surface area contributed by atoms with Gasteiger partial charge in [0.1, 0.15) is 5.75 Å². The van der Waals surface area contributed by atoms with Crippen LogP contribution in [0.5, 0.6) is 5.75 Å². The van der Waals surface area contributed by atoms with Crippen LogP contribution in [0.25, 0.3) is 0 Å². The van der Waals surface area contributed by atoms with E-state index in [4.69, 9.17) is 4.74 Å². The number of carbonyl (C=O) groups is 2. The number of pyridine rings is 1. The molecule has 3 aromatic rings. The molecule has 0 fully saturated rings. The second kappa shape index (κ2) is 9.57. The molecule has 3 rings (SSSR count). The maximum atomic E-state index is 12.4. The average Bonchev–Trinajstić information content (AvgIpc) is 2.74. The lowest BCUT2D eigenvalue weighted by Gasteiger charge is -2.10. The molecule has 0 bridgehead atoms. The van der Waals surface area contributed by atoms with Crippen molar-refractivity contribution in [2.75, 3.05) is 23.5 Å². The van der Waals surface area contributed by atoms with Gasteiger partial charge in [-0.15, -0.1) is 0 Å². The standard InChI is InChI=1S/C21H19N3O3S/c1-27-18-7-3-2-6-17(18)24-21(26)15-9-11-16(12-10-15)23-19(25)14-28-20-8-4-5-13-22-20/h2-13H,14H2,1H3,(H,23,25)(H,24,26). The molecule has 0 aliphatic rings. The molecule has 7 heteroatoms. The first-order chi connectivity index (χ1) is 13.7. The fraction of sp³-hybridized carbons (Fsp3) is 0.0952.